The van der Waals surface area contributed by atoms with Crippen LogP contribution in [-0.2, 0) is 6.54 Å². The highest BCUT2D eigenvalue weighted by Crippen LogP contribution is 2.29. The average Bonchev–Trinajstić information content (AvgIpc) is 2.84. The molecule has 0 N–H and O–H groups in total. The molecule has 3 nitrogen and oxygen atoms in total. The Morgan fingerprint density at radius 2 is 1.90 bits per heavy atom. The van der Waals surface area contributed by atoms with E-state index in [9.17, 15) is 0 Å². The maximum absolute atomic E-state index is 6.40. The lowest BCUT2D eigenvalue weighted by atomic mass is 9.98. The normalized spacial score (nSPS) is 16.1. The number of benzene rings is 1. The number of halogens is 1. The Morgan fingerprint density at radius 1 is 1.19 bits per heavy atom. The molecule has 0 unspecified atom stereocenters. The zero-order valence-corrected chi connectivity index (χ0v) is 13.1. The van der Waals surface area contributed by atoms with Crippen molar-refractivity contribution in [2.75, 3.05) is 0 Å². The molecular formula is C17H21ClN2O. The minimum absolute atomic E-state index is 0.299. The molecule has 0 spiro atoms. The molecule has 0 amide bonds. The molecule has 4 heteroatoms. The molecule has 1 aromatic heterocycles. The molecule has 0 saturated heterocycles. The van der Waals surface area contributed by atoms with Gasteiger partial charge in [0.1, 0.15) is 0 Å². The van der Waals surface area contributed by atoms with Crippen LogP contribution in [0.25, 0.3) is 0 Å². The quantitative estimate of drug-likeness (QED) is 0.825. The first-order chi connectivity index (χ1) is 10.2. The van der Waals surface area contributed by atoms with Crippen molar-refractivity contribution in [1.82, 2.24) is 9.78 Å². The Kier molecular flexibility index (Phi) is 4.49. The Morgan fingerprint density at radius 3 is 2.62 bits per heavy atom. The summed E-state index contributed by atoms with van der Waals surface area (Å²) in [5, 5.41) is 4.96. The van der Waals surface area contributed by atoms with Crippen molar-refractivity contribution in [2.45, 2.75) is 51.7 Å². The Bertz CT molecular complexity index is 585. The lowest BCUT2D eigenvalue weighted by Crippen LogP contribution is -2.19. The summed E-state index contributed by atoms with van der Waals surface area (Å²) in [5.74, 6) is 0.718. The lowest BCUT2D eigenvalue weighted by Gasteiger charge is -2.22. The topological polar surface area (TPSA) is 27.1 Å². The second-order valence-corrected chi connectivity index (χ2v) is 6.18. The second kappa shape index (κ2) is 6.52. The molecule has 0 atom stereocenters. The van der Waals surface area contributed by atoms with Gasteiger partial charge in [-0.15, -0.1) is 0 Å². The van der Waals surface area contributed by atoms with Crippen LogP contribution in [0, 0.1) is 6.92 Å². The molecular weight excluding hydrogens is 284 g/mol. The highest BCUT2D eigenvalue weighted by atomic mass is 35.5. The number of aromatic nitrogens is 2. The molecule has 1 heterocycles. The zero-order valence-electron chi connectivity index (χ0n) is 12.4. The fourth-order valence-corrected chi connectivity index (χ4v) is 2.97. The molecule has 0 radical (unpaired) electrons. The van der Waals surface area contributed by atoms with Crippen LogP contribution in [0.1, 0.15) is 43.2 Å². The predicted octanol–water partition coefficient (Wildman–Crippen LogP) is 4.60. The largest absolute Gasteiger partial charge is 0.486 e. The SMILES string of the molecule is Cc1ccc(Cn2ncc(OC3CCCCC3)c2Cl)cc1. The third-order valence-corrected chi connectivity index (χ3v) is 4.42. The summed E-state index contributed by atoms with van der Waals surface area (Å²) >= 11 is 6.40. The number of ether oxygens (including phenoxy) is 1. The minimum atomic E-state index is 0.299. The van der Waals surface area contributed by atoms with E-state index in [1.54, 1.807) is 10.9 Å². The van der Waals surface area contributed by atoms with Crippen LogP contribution >= 0.6 is 11.6 Å². The Labute approximate surface area is 130 Å². The van der Waals surface area contributed by atoms with Gasteiger partial charge in [0.25, 0.3) is 0 Å². The third-order valence-electron chi connectivity index (χ3n) is 4.04. The monoisotopic (exact) mass is 304 g/mol. The van der Waals surface area contributed by atoms with Crippen molar-refractivity contribution in [3.63, 3.8) is 0 Å². The zero-order chi connectivity index (χ0) is 14.7. The van der Waals surface area contributed by atoms with Gasteiger partial charge in [-0.2, -0.15) is 5.10 Å². The van der Waals surface area contributed by atoms with Gasteiger partial charge in [-0.05, 0) is 38.2 Å². The number of aryl methyl sites for hydroxylation is 1. The maximum Gasteiger partial charge on any atom is 0.176 e. The fraction of sp³-hybridized carbons (Fsp3) is 0.471. The molecule has 0 aliphatic heterocycles. The predicted molar refractivity (Wildman–Crippen MR) is 85.0 cm³/mol. The van der Waals surface area contributed by atoms with Gasteiger partial charge in [-0.25, -0.2) is 4.68 Å². The van der Waals surface area contributed by atoms with Gasteiger partial charge >= 0.3 is 0 Å². The van der Waals surface area contributed by atoms with E-state index in [-0.39, 0.29) is 0 Å². The summed E-state index contributed by atoms with van der Waals surface area (Å²) in [6, 6.07) is 8.42. The smallest absolute Gasteiger partial charge is 0.176 e. The Balaban J connectivity index is 1.68. The van der Waals surface area contributed by atoms with E-state index in [0.717, 1.165) is 18.6 Å². The van der Waals surface area contributed by atoms with Crippen LogP contribution in [-0.4, -0.2) is 15.9 Å². The average molecular weight is 305 g/mol. The lowest BCUT2D eigenvalue weighted by molar-refractivity contribution is 0.155. The van der Waals surface area contributed by atoms with Crippen molar-refractivity contribution >= 4 is 11.6 Å². The maximum atomic E-state index is 6.40. The molecule has 0 bridgehead atoms. The van der Waals surface area contributed by atoms with E-state index in [1.807, 2.05) is 0 Å². The van der Waals surface area contributed by atoms with Crippen LogP contribution in [0.4, 0.5) is 0 Å². The van der Waals surface area contributed by atoms with Crippen molar-refractivity contribution in [1.29, 1.82) is 0 Å². The van der Waals surface area contributed by atoms with Crippen LogP contribution < -0.4 is 4.74 Å². The number of nitrogens with zero attached hydrogens (tertiary/aromatic N) is 2. The Hall–Kier alpha value is -1.48. The van der Waals surface area contributed by atoms with Gasteiger partial charge in [0.15, 0.2) is 10.9 Å². The third kappa shape index (κ3) is 3.59. The highest BCUT2D eigenvalue weighted by Gasteiger charge is 2.18. The van der Waals surface area contributed by atoms with E-state index < -0.39 is 0 Å². The number of hydrogen-bond acceptors (Lipinski definition) is 2. The first kappa shape index (κ1) is 14.5. The van der Waals surface area contributed by atoms with E-state index in [4.69, 9.17) is 16.3 Å². The van der Waals surface area contributed by atoms with Gasteiger partial charge < -0.3 is 4.74 Å². The van der Waals surface area contributed by atoms with Crippen LogP contribution in [0.2, 0.25) is 5.15 Å². The van der Waals surface area contributed by atoms with Gasteiger partial charge in [0.05, 0.1) is 18.8 Å². The summed E-state index contributed by atoms with van der Waals surface area (Å²) in [5.41, 5.74) is 2.45. The van der Waals surface area contributed by atoms with E-state index in [2.05, 4.69) is 36.3 Å². The summed E-state index contributed by atoms with van der Waals surface area (Å²) in [6.07, 6.45) is 8.11. The second-order valence-electron chi connectivity index (χ2n) is 5.82. The van der Waals surface area contributed by atoms with Crippen molar-refractivity contribution < 1.29 is 4.74 Å². The molecule has 112 valence electrons. The summed E-state index contributed by atoms with van der Waals surface area (Å²) < 4.78 is 7.80. The first-order valence-electron chi connectivity index (χ1n) is 7.66. The van der Waals surface area contributed by atoms with Crippen molar-refractivity contribution in [3.8, 4) is 5.75 Å². The van der Waals surface area contributed by atoms with Crippen LogP contribution in [0.15, 0.2) is 30.5 Å². The molecule has 3 rings (SSSR count). The van der Waals surface area contributed by atoms with Gasteiger partial charge in [-0.3, -0.25) is 0 Å². The van der Waals surface area contributed by atoms with Gasteiger partial charge in [0.2, 0.25) is 0 Å². The highest BCUT2D eigenvalue weighted by molar-refractivity contribution is 6.31. The summed E-state index contributed by atoms with van der Waals surface area (Å²) in [7, 11) is 0. The molecule has 1 aromatic carbocycles. The number of hydrogen-bond donors (Lipinski definition) is 0. The van der Waals surface area contributed by atoms with Crippen molar-refractivity contribution in [3.05, 3.63) is 46.7 Å². The van der Waals surface area contributed by atoms with Gasteiger partial charge in [0, 0.05) is 0 Å². The molecule has 1 fully saturated rings. The first-order valence-corrected chi connectivity index (χ1v) is 8.03. The van der Waals surface area contributed by atoms with Crippen molar-refractivity contribution in [2.24, 2.45) is 0 Å². The summed E-state index contributed by atoms with van der Waals surface area (Å²) in [6.45, 7) is 2.76. The standard InChI is InChI=1S/C17H21ClN2O/c1-13-7-9-14(10-8-13)12-20-17(18)16(11-19-20)21-15-5-3-2-4-6-15/h7-11,15H,2-6,12H2,1H3. The van der Waals surface area contributed by atoms with E-state index in [0.29, 0.717) is 17.8 Å². The van der Waals surface area contributed by atoms with E-state index in [1.165, 1.54) is 30.4 Å². The number of rotatable bonds is 4. The van der Waals surface area contributed by atoms with Gasteiger partial charge in [-0.1, -0.05) is 47.9 Å². The van der Waals surface area contributed by atoms with E-state index >= 15 is 0 Å². The molecule has 1 saturated carbocycles. The molecule has 1 aliphatic rings. The summed E-state index contributed by atoms with van der Waals surface area (Å²) in [4.78, 5) is 0. The minimum Gasteiger partial charge on any atom is -0.486 e. The fourth-order valence-electron chi connectivity index (χ4n) is 2.77. The molecule has 21 heavy (non-hydrogen) atoms. The van der Waals surface area contributed by atoms with Crippen LogP contribution in [0.3, 0.4) is 0 Å². The molecule has 1 aliphatic carbocycles. The van der Waals surface area contributed by atoms with Crippen LogP contribution in [0.5, 0.6) is 5.75 Å². The molecule has 2 aromatic rings.